The van der Waals surface area contributed by atoms with Gasteiger partial charge >= 0.3 is 0 Å². The summed E-state index contributed by atoms with van der Waals surface area (Å²) < 4.78 is 27.4. The van der Waals surface area contributed by atoms with E-state index in [1.807, 2.05) is 19.9 Å². The van der Waals surface area contributed by atoms with E-state index in [1.165, 1.54) is 22.1 Å². The molecular formula is C23H29N3O4S2. The molecule has 1 aliphatic heterocycles. The topological polar surface area (TPSA) is 95.6 Å². The average molecular weight is 476 g/mol. The molecule has 172 valence electrons. The second-order valence-corrected chi connectivity index (χ2v) is 10.9. The standard InChI is InChI=1S/C23H29N3O4S2/c1-17(2)24-22(27)16-31-21-12-5-4-11-20(21)23(28)25-18-9-8-10-19(15-18)32(29,30)26-13-6-3-7-14-26/h4-5,8-12,15,17H,3,6-7,13-14,16H2,1-2H3,(H,24,27)(H,25,28). The molecule has 0 radical (unpaired) electrons. The molecule has 1 fully saturated rings. The van der Waals surface area contributed by atoms with E-state index in [-0.39, 0.29) is 28.5 Å². The van der Waals surface area contributed by atoms with E-state index >= 15 is 0 Å². The van der Waals surface area contributed by atoms with Crippen LogP contribution < -0.4 is 10.6 Å². The molecule has 2 aromatic carbocycles. The van der Waals surface area contributed by atoms with Gasteiger partial charge < -0.3 is 10.6 Å². The van der Waals surface area contributed by atoms with Crippen LogP contribution in [0.5, 0.6) is 0 Å². The number of benzene rings is 2. The minimum absolute atomic E-state index is 0.0511. The van der Waals surface area contributed by atoms with Gasteiger partial charge in [-0.2, -0.15) is 4.31 Å². The monoisotopic (exact) mass is 475 g/mol. The van der Waals surface area contributed by atoms with Gasteiger partial charge in [0.2, 0.25) is 15.9 Å². The summed E-state index contributed by atoms with van der Waals surface area (Å²) in [6.07, 6.45) is 2.76. The van der Waals surface area contributed by atoms with E-state index in [0.29, 0.717) is 29.2 Å². The summed E-state index contributed by atoms with van der Waals surface area (Å²) in [6, 6.07) is 13.4. The van der Waals surface area contributed by atoms with Crippen molar-refractivity contribution >= 4 is 39.3 Å². The maximum Gasteiger partial charge on any atom is 0.256 e. The summed E-state index contributed by atoms with van der Waals surface area (Å²) in [5, 5.41) is 5.63. The fourth-order valence-electron chi connectivity index (χ4n) is 3.47. The quantitative estimate of drug-likeness (QED) is 0.567. The third-order valence-electron chi connectivity index (χ3n) is 4.98. The average Bonchev–Trinajstić information content (AvgIpc) is 2.78. The number of nitrogens with one attached hydrogen (secondary N) is 2. The van der Waals surface area contributed by atoms with Crippen LogP contribution in [0.3, 0.4) is 0 Å². The Labute approximate surface area is 194 Å². The molecule has 0 aliphatic carbocycles. The Morgan fingerprint density at radius 2 is 1.75 bits per heavy atom. The second-order valence-electron chi connectivity index (χ2n) is 7.95. The number of anilines is 1. The minimum atomic E-state index is -3.59. The molecule has 9 heteroatoms. The predicted molar refractivity (Wildman–Crippen MR) is 127 cm³/mol. The van der Waals surface area contributed by atoms with Crippen molar-refractivity contribution in [2.75, 3.05) is 24.2 Å². The number of thioether (sulfide) groups is 1. The smallest absolute Gasteiger partial charge is 0.256 e. The van der Waals surface area contributed by atoms with Crippen molar-refractivity contribution in [3.63, 3.8) is 0 Å². The molecule has 0 atom stereocenters. The number of carbonyl (C=O) groups excluding carboxylic acids is 2. The second kappa shape index (κ2) is 11.0. The Morgan fingerprint density at radius 1 is 1.03 bits per heavy atom. The molecule has 2 aromatic rings. The Kier molecular flexibility index (Phi) is 8.33. The van der Waals surface area contributed by atoms with E-state index in [0.717, 1.165) is 19.3 Å². The number of carbonyl (C=O) groups is 2. The van der Waals surface area contributed by atoms with Gasteiger partial charge in [-0.15, -0.1) is 11.8 Å². The lowest BCUT2D eigenvalue weighted by atomic mass is 10.2. The summed E-state index contributed by atoms with van der Waals surface area (Å²) in [4.78, 5) is 25.8. The van der Waals surface area contributed by atoms with E-state index < -0.39 is 10.0 Å². The molecule has 1 saturated heterocycles. The zero-order valence-electron chi connectivity index (χ0n) is 18.3. The van der Waals surface area contributed by atoms with Gasteiger partial charge in [-0.25, -0.2) is 8.42 Å². The van der Waals surface area contributed by atoms with Crippen LogP contribution in [0.25, 0.3) is 0 Å². The Hall–Kier alpha value is -2.36. The largest absolute Gasteiger partial charge is 0.353 e. The normalized spacial score (nSPS) is 14.8. The number of nitrogens with zero attached hydrogens (tertiary/aromatic N) is 1. The van der Waals surface area contributed by atoms with Crippen LogP contribution in [-0.4, -0.2) is 49.4 Å². The van der Waals surface area contributed by atoms with Crippen LogP contribution in [0.4, 0.5) is 5.69 Å². The van der Waals surface area contributed by atoms with Crippen molar-refractivity contribution in [2.45, 2.75) is 48.9 Å². The first-order valence-electron chi connectivity index (χ1n) is 10.7. The van der Waals surface area contributed by atoms with Gasteiger partial charge in [-0.05, 0) is 57.0 Å². The third kappa shape index (κ3) is 6.34. The van der Waals surface area contributed by atoms with Gasteiger partial charge in [-0.3, -0.25) is 9.59 Å². The lowest BCUT2D eigenvalue weighted by Crippen LogP contribution is -2.35. The number of hydrogen-bond acceptors (Lipinski definition) is 5. The molecule has 3 rings (SSSR count). The first-order valence-corrected chi connectivity index (χ1v) is 13.1. The fraction of sp³-hybridized carbons (Fsp3) is 0.391. The molecule has 2 N–H and O–H groups in total. The predicted octanol–water partition coefficient (Wildman–Crippen LogP) is 3.73. The number of sulfonamides is 1. The van der Waals surface area contributed by atoms with Gasteiger partial charge in [0.25, 0.3) is 5.91 Å². The molecular weight excluding hydrogens is 446 g/mol. The highest BCUT2D eigenvalue weighted by Gasteiger charge is 2.26. The molecule has 0 bridgehead atoms. The molecule has 32 heavy (non-hydrogen) atoms. The molecule has 1 aliphatic rings. The number of amides is 2. The van der Waals surface area contributed by atoms with Crippen LogP contribution in [-0.2, 0) is 14.8 Å². The van der Waals surface area contributed by atoms with Crippen molar-refractivity contribution < 1.29 is 18.0 Å². The maximum absolute atomic E-state index is 12.9. The molecule has 0 spiro atoms. The van der Waals surface area contributed by atoms with Crippen molar-refractivity contribution in [1.82, 2.24) is 9.62 Å². The molecule has 0 saturated carbocycles. The van der Waals surface area contributed by atoms with Crippen molar-refractivity contribution in [3.05, 3.63) is 54.1 Å². The summed E-state index contributed by atoms with van der Waals surface area (Å²) in [5.74, 6) is -0.257. The molecule has 7 nitrogen and oxygen atoms in total. The number of piperidine rings is 1. The van der Waals surface area contributed by atoms with Gasteiger partial charge in [0.05, 0.1) is 16.2 Å². The Balaban J connectivity index is 1.73. The highest BCUT2D eigenvalue weighted by Crippen LogP contribution is 2.26. The van der Waals surface area contributed by atoms with E-state index in [1.54, 1.807) is 36.4 Å². The van der Waals surface area contributed by atoms with Crippen LogP contribution in [0.1, 0.15) is 43.5 Å². The zero-order chi connectivity index (χ0) is 23.1. The zero-order valence-corrected chi connectivity index (χ0v) is 20.0. The molecule has 0 unspecified atom stereocenters. The maximum atomic E-state index is 12.9. The van der Waals surface area contributed by atoms with Gasteiger partial charge in [0.15, 0.2) is 0 Å². The highest BCUT2D eigenvalue weighted by atomic mass is 32.2. The Bertz CT molecular complexity index is 1060. The van der Waals surface area contributed by atoms with Crippen molar-refractivity contribution in [2.24, 2.45) is 0 Å². The number of hydrogen-bond donors (Lipinski definition) is 2. The van der Waals surface area contributed by atoms with Crippen LogP contribution in [0.15, 0.2) is 58.3 Å². The first kappa shape index (κ1) is 24.3. The van der Waals surface area contributed by atoms with Crippen molar-refractivity contribution in [1.29, 1.82) is 0 Å². The van der Waals surface area contributed by atoms with E-state index in [2.05, 4.69) is 10.6 Å². The van der Waals surface area contributed by atoms with E-state index in [4.69, 9.17) is 0 Å². The third-order valence-corrected chi connectivity index (χ3v) is 7.95. The van der Waals surface area contributed by atoms with E-state index in [9.17, 15) is 18.0 Å². The molecule has 1 heterocycles. The molecule has 0 aromatic heterocycles. The van der Waals surface area contributed by atoms with Gasteiger partial charge in [-0.1, -0.05) is 24.6 Å². The van der Waals surface area contributed by atoms with Crippen molar-refractivity contribution in [3.8, 4) is 0 Å². The minimum Gasteiger partial charge on any atom is -0.353 e. The van der Waals surface area contributed by atoms with Crippen LogP contribution >= 0.6 is 11.8 Å². The summed E-state index contributed by atoms with van der Waals surface area (Å²) in [7, 11) is -3.59. The fourth-order valence-corrected chi connectivity index (χ4v) is 5.90. The number of rotatable bonds is 8. The summed E-state index contributed by atoms with van der Waals surface area (Å²) >= 11 is 1.29. The first-order chi connectivity index (χ1) is 15.3. The van der Waals surface area contributed by atoms with Gasteiger partial charge in [0, 0.05) is 29.7 Å². The SMILES string of the molecule is CC(C)NC(=O)CSc1ccccc1C(=O)Nc1cccc(S(=O)(=O)N2CCCCC2)c1. The lowest BCUT2D eigenvalue weighted by Gasteiger charge is -2.26. The highest BCUT2D eigenvalue weighted by molar-refractivity contribution is 8.00. The Morgan fingerprint density at radius 3 is 2.47 bits per heavy atom. The van der Waals surface area contributed by atoms with Crippen LogP contribution in [0.2, 0.25) is 0 Å². The summed E-state index contributed by atoms with van der Waals surface area (Å²) in [5.41, 5.74) is 0.838. The molecule has 2 amide bonds. The van der Waals surface area contributed by atoms with Crippen LogP contribution in [0, 0.1) is 0 Å². The van der Waals surface area contributed by atoms with Gasteiger partial charge in [0.1, 0.15) is 0 Å². The lowest BCUT2D eigenvalue weighted by molar-refractivity contribution is -0.119. The summed E-state index contributed by atoms with van der Waals surface area (Å²) in [6.45, 7) is 4.83.